The van der Waals surface area contributed by atoms with E-state index in [0.29, 0.717) is 65.0 Å². The van der Waals surface area contributed by atoms with Crippen LogP contribution in [0.5, 0.6) is 28.7 Å². The van der Waals surface area contributed by atoms with Gasteiger partial charge in [-0.25, -0.2) is 4.79 Å². The summed E-state index contributed by atoms with van der Waals surface area (Å²) in [5, 5.41) is 14.2. The number of nitrogens with zero attached hydrogens (tertiary/aromatic N) is 2. The van der Waals surface area contributed by atoms with E-state index < -0.39 is 18.1 Å². The number of carboxylic acids is 1. The number of aromatic nitrogens is 1. The highest BCUT2D eigenvalue weighted by Gasteiger charge is 2.38. The molecular weight excluding hydrogens is 801 g/mol. The first-order chi connectivity index (χ1) is 29.2. The van der Waals surface area contributed by atoms with Crippen molar-refractivity contribution < 1.29 is 33.6 Å². The van der Waals surface area contributed by atoms with Crippen molar-refractivity contribution in [2.24, 2.45) is 0 Å². The molecule has 0 saturated carbocycles. The molecule has 60 heavy (non-hydrogen) atoms. The second kappa shape index (κ2) is 18.5. The molecule has 0 spiro atoms. The minimum Gasteiger partial charge on any atom is -0.489 e. The first-order valence-corrected chi connectivity index (χ1v) is 20.6. The Bertz CT molecular complexity index is 2440. The molecular formula is C48H43Cl2N3O7. The summed E-state index contributed by atoms with van der Waals surface area (Å²) >= 11 is 12.2. The van der Waals surface area contributed by atoms with Crippen LogP contribution in [0.4, 0.5) is 0 Å². The van der Waals surface area contributed by atoms with Crippen molar-refractivity contribution in [2.45, 2.75) is 63.6 Å². The summed E-state index contributed by atoms with van der Waals surface area (Å²) in [4.78, 5) is 33.2. The van der Waals surface area contributed by atoms with E-state index >= 15 is 0 Å². The molecule has 2 N–H and O–H groups in total. The van der Waals surface area contributed by atoms with Crippen LogP contribution < -0.4 is 24.3 Å². The van der Waals surface area contributed by atoms with Crippen LogP contribution in [-0.2, 0) is 35.6 Å². The van der Waals surface area contributed by atoms with E-state index in [2.05, 4.69) is 34.3 Å². The van der Waals surface area contributed by atoms with E-state index in [1.807, 2.05) is 60.7 Å². The number of rotatable bonds is 14. The number of benzene rings is 5. The Balaban J connectivity index is 0.981. The number of carboxylic acid groups (broad SMARTS) is 1. The van der Waals surface area contributed by atoms with Crippen molar-refractivity contribution in [2.75, 3.05) is 6.61 Å². The number of pyridine rings is 1. The third kappa shape index (κ3) is 9.52. The van der Waals surface area contributed by atoms with Crippen molar-refractivity contribution in [3.8, 4) is 28.7 Å². The van der Waals surface area contributed by atoms with Crippen molar-refractivity contribution in [3.63, 3.8) is 0 Å². The smallest absolute Gasteiger partial charge is 0.326 e. The van der Waals surface area contributed by atoms with E-state index in [-0.39, 0.29) is 24.5 Å². The van der Waals surface area contributed by atoms with E-state index in [1.165, 1.54) is 0 Å². The molecule has 306 valence electrons. The van der Waals surface area contributed by atoms with E-state index in [9.17, 15) is 14.7 Å². The van der Waals surface area contributed by atoms with Crippen LogP contribution >= 0.6 is 23.2 Å². The third-order valence-electron chi connectivity index (χ3n) is 10.9. The molecule has 10 nitrogen and oxygen atoms in total. The highest BCUT2D eigenvalue weighted by atomic mass is 35.5. The van der Waals surface area contributed by atoms with Gasteiger partial charge in [-0.15, -0.1) is 0 Å². The summed E-state index contributed by atoms with van der Waals surface area (Å²) in [7, 11) is 0. The number of carbonyl (C=O) groups excluding carboxylic acids is 1. The first-order valence-electron chi connectivity index (χ1n) is 19.8. The Labute approximate surface area is 358 Å². The number of carbonyl (C=O) groups is 2. The normalized spacial score (nSPS) is 16.9. The van der Waals surface area contributed by atoms with Crippen molar-refractivity contribution in [1.29, 1.82) is 0 Å². The molecule has 12 heteroatoms. The van der Waals surface area contributed by atoms with Crippen LogP contribution in [0.25, 0.3) is 0 Å². The number of aliphatic carboxylic acids is 1. The summed E-state index contributed by atoms with van der Waals surface area (Å²) < 4.78 is 24.7. The zero-order chi connectivity index (χ0) is 41.6. The summed E-state index contributed by atoms with van der Waals surface area (Å²) in [6.07, 6.45) is 4.13. The molecule has 2 aliphatic heterocycles. The van der Waals surface area contributed by atoms with Gasteiger partial charge in [-0.05, 0) is 107 Å². The predicted octanol–water partition coefficient (Wildman–Crippen LogP) is 9.96. The van der Waals surface area contributed by atoms with Gasteiger partial charge in [0, 0.05) is 25.2 Å². The zero-order valence-corrected chi connectivity index (χ0v) is 34.3. The summed E-state index contributed by atoms with van der Waals surface area (Å²) in [5.74, 6) is 1.66. The van der Waals surface area contributed by atoms with Crippen LogP contribution in [-0.4, -0.2) is 45.6 Å². The maximum Gasteiger partial charge on any atom is 0.326 e. The number of nitrogens with one attached hydrogen (secondary N) is 1. The minimum absolute atomic E-state index is 0.0990. The maximum absolute atomic E-state index is 14.4. The van der Waals surface area contributed by atoms with Crippen LogP contribution in [0.15, 0.2) is 134 Å². The molecule has 0 aliphatic carbocycles. The molecule has 4 atom stereocenters. The fraction of sp³-hybridized carbons (Fsp3) is 0.229. The van der Waals surface area contributed by atoms with Gasteiger partial charge in [0.2, 0.25) is 5.91 Å². The van der Waals surface area contributed by atoms with Crippen molar-refractivity contribution in [1.82, 2.24) is 15.2 Å². The molecule has 0 radical (unpaired) electrons. The second-order valence-corrected chi connectivity index (χ2v) is 15.7. The average molecular weight is 845 g/mol. The van der Waals surface area contributed by atoms with Gasteiger partial charge in [-0.1, -0.05) is 90.8 Å². The summed E-state index contributed by atoms with van der Waals surface area (Å²) in [5.41, 5.74) is 5.64. The number of fused-ring (bicyclic) bond motifs is 2. The van der Waals surface area contributed by atoms with E-state index in [4.69, 9.17) is 42.1 Å². The molecule has 1 amide bonds. The molecule has 0 saturated heterocycles. The zero-order valence-electron chi connectivity index (χ0n) is 32.8. The predicted molar refractivity (Wildman–Crippen MR) is 229 cm³/mol. The number of hydrogen-bond donors (Lipinski definition) is 2. The maximum atomic E-state index is 14.4. The average Bonchev–Trinajstić information content (AvgIpc) is 3.27. The highest BCUT2D eigenvalue weighted by molar-refractivity contribution is 6.42. The van der Waals surface area contributed by atoms with Crippen LogP contribution in [0.2, 0.25) is 10.0 Å². The largest absolute Gasteiger partial charge is 0.489 e. The Morgan fingerprint density at radius 2 is 1.60 bits per heavy atom. The van der Waals surface area contributed by atoms with Gasteiger partial charge in [-0.3, -0.25) is 14.7 Å². The molecule has 5 aromatic carbocycles. The molecule has 3 heterocycles. The molecule has 0 fully saturated rings. The number of hydrogen-bond acceptors (Lipinski definition) is 8. The lowest BCUT2D eigenvalue weighted by Gasteiger charge is -2.42. The van der Waals surface area contributed by atoms with E-state index in [0.717, 1.165) is 39.8 Å². The number of amides is 1. The quantitative estimate of drug-likeness (QED) is 0.110. The van der Waals surface area contributed by atoms with Gasteiger partial charge in [0.25, 0.3) is 0 Å². The molecule has 0 bridgehead atoms. The fourth-order valence-electron chi connectivity index (χ4n) is 7.76. The number of halogens is 2. The summed E-state index contributed by atoms with van der Waals surface area (Å²) in [6.45, 7) is 3.19. The van der Waals surface area contributed by atoms with Gasteiger partial charge in [0.15, 0.2) is 17.6 Å². The minimum atomic E-state index is -1.15. The lowest BCUT2D eigenvalue weighted by molar-refractivity contribution is -0.143. The molecule has 1 unspecified atom stereocenters. The monoisotopic (exact) mass is 843 g/mol. The van der Waals surface area contributed by atoms with E-state index in [1.54, 1.807) is 60.9 Å². The lowest BCUT2D eigenvalue weighted by atomic mass is 9.89. The Hall–Kier alpha value is -6.07. The molecule has 1 aromatic heterocycles. The highest BCUT2D eigenvalue weighted by Crippen LogP contribution is 2.42. The van der Waals surface area contributed by atoms with Gasteiger partial charge >= 0.3 is 5.97 Å². The van der Waals surface area contributed by atoms with Crippen LogP contribution in [0.1, 0.15) is 58.9 Å². The van der Waals surface area contributed by atoms with Crippen molar-refractivity contribution >= 4 is 35.1 Å². The van der Waals surface area contributed by atoms with Gasteiger partial charge in [-0.2, -0.15) is 0 Å². The fourth-order valence-corrected chi connectivity index (χ4v) is 8.08. The van der Waals surface area contributed by atoms with Gasteiger partial charge < -0.3 is 29.4 Å². The Morgan fingerprint density at radius 3 is 2.32 bits per heavy atom. The van der Waals surface area contributed by atoms with Crippen molar-refractivity contribution in [3.05, 3.63) is 177 Å². The number of ether oxygens (including phenoxy) is 4. The van der Waals surface area contributed by atoms with Crippen LogP contribution in [0, 0.1) is 0 Å². The Morgan fingerprint density at radius 1 is 0.850 bits per heavy atom. The standard InChI is InChI=1S/C48H43Cl2N3O7/c1-2-42(32-7-4-3-5-8-32)53-27-35-25-45-44(58-29-46(60-45)33-13-17-36(18-14-33)57-28-31-12-19-39(49)40(50)21-31)24-34(35)23-43(53)47(54)52-41(48(55)56)22-30-10-15-37(16-11-30)59-38-9-6-20-51-26-38/h3-21,24-26,41-43,46H,2,22-23,27-29H2,1H3,(H,52,54)(H,55,56)/t41-,42?,43-,46+/m0/s1. The summed E-state index contributed by atoms with van der Waals surface area (Å²) in [6, 6.07) is 36.1. The SMILES string of the molecule is CCC(c1ccccc1)N1Cc2cc3c(cc2C[C@H]1C(=O)N[C@@H](Cc1ccc(Oc2cccnc2)cc1)C(=O)O)OC[C@H](c1ccc(OCc2ccc(Cl)c(Cl)c2)cc1)O3. The molecule has 2 aliphatic rings. The van der Waals surface area contributed by atoms with Crippen LogP contribution in [0.3, 0.4) is 0 Å². The van der Waals surface area contributed by atoms with Gasteiger partial charge in [0.1, 0.15) is 36.5 Å². The van der Waals surface area contributed by atoms with Gasteiger partial charge in [0.05, 0.1) is 22.3 Å². The lowest BCUT2D eigenvalue weighted by Crippen LogP contribution is -2.55. The molecule has 6 aromatic rings. The topological polar surface area (TPSA) is 119 Å². The second-order valence-electron chi connectivity index (χ2n) is 14.9. The molecule has 8 rings (SSSR count). The first kappa shape index (κ1) is 40.7. The Kier molecular flexibility index (Phi) is 12.5. The third-order valence-corrected chi connectivity index (χ3v) is 11.6.